The summed E-state index contributed by atoms with van der Waals surface area (Å²) in [5, 5.41) is 2.93. The van der Waals surface area contributed by atoms with Gasteiger partial charge in [0.05, 0.1) is 11.7 Å². The average Bonchev–Trinajstić information content (AvgIpc) is 3.41. The molecule has 1 aliphatic heterocycles. The minimum Gasteiger partial charge on any atom is -0.445 e. The molecule has 7 rings (SSSR count). The van der Waals surface area contributed by atoms with Crippen LogP contribution in [0.5, 0.6) is 0 Å². The van der Waals surface area contributed by atoms with Gasteiger partial charge in [0.15, 0.2) is 0 Å². The predicted molar refractivity (Wildman–Crippen MR) is 119 cm³/mol. The zero-order valence-electron chi connectivity index (χ0n) is 17.9. The summed E-state index contributed by atoms with van der Waals surface area (Å²) in [6, 6.07) is 3.51. The van der Waals surface area contributed by atoms with Crippen molar-refractivity contribution >= 4 is 17.4 Å². The molecule has 0 spiro atoms. The van der Waals surface area contributed by atoms with E-state index in [2.05, 4.69) is 0 Å². The molecule has 1 amide bonds. The van der Waals surface area contributed by atoms with Crippen LogP contribution in [0.15, 0.2) is 28.5 Å². The second-order valence-corrected chi connectivity index (χ2v) is 11.0. The maximum Gasteiger partial charge on any atom is 0.410 e. The summed E-state index contributed by atoms with van der Waals surface area (Å²) in [4.78, 5) is 31.9. The van der Waals surface area contributed by atoms with Crippen LogP contribution in [-0.2, 0) is 11.8 Å². The van der Waals surface area contributed by atoms with Gasteiger partial charge < -0.3 is 9.30 Å². The predicted octanol–water partition coefficient (Wildman–Crippen LogP) is 4.61. The number of likely N-dealkylation sites (tertiary alicyclic amines) is 1. The van der Waals surface area contributed by atoms with E-state index in [0.29, 0.717) is 11.8 Å². The molecule has 4 aliphatic carbocycles. The van der Waals surface area contributed by atoms with Gasteiger partial charge in [0.2, 0.25) is 0 Å². The third-order valence-electron chi connectivity index (χ3n) is 8.07. The first kappa shape index (κ1) is 19.5. The molecule has 0 unspecified atom stereocenters. The van der Waals surface area contributed by atoms with Crippen molar-refractivity contribution in [1.82, 2.24) is 14.5 Å². The van der Waals surface area contributed by atoms with Crippen LogP contribution in [0.3, 0.4) is 0 Å². The summed E-state index contributed by atoms with van der Waals surface area (Å²) < 4.78 is 7.75. The maximum absolute atomic E-state index is 13.2. The van der Waals surface area contributed by atoms with Gasteiger partial charge in [-0.3, -0.25) is 9.69 Å². The third kappa shape index (κ3) is 3.41. The SMILES string of the molecule is Cn1ccc(-c2csc([C@H]3CCCN3C(=O)OC3C4CC5CC(C4)CC3C5)n2)cc1=O. The normalized spacial score (nSPS) is 33.8. The molecule has 7 heteroatoms. The van der Waals surface area contributed by atoms with Gasteiger partial charge in [-0.05, 0) is 74.7 Å². The van der Waals surface area contributed by atoms with Gasteiger partial charge in [-0.1, -0.05) is 0 Å². The monoisotopic (exact) mass is 439 g/mol. The highest BCUT2D eigenvalue weighted by molar-refractivity contribution is 7.10. The number of nitrogens with zero attached hydrogens (tertiary/aromatic N) is 3. The van der Waals surface area contributed by atoms with Gasteiger partial charge in [0, 0.05) is 36.8 Å². The molecule has 4 saturated carbocycles. The van der Waals surface area contributed by atoms with Gasteiger partial charge in [-0.25, -0.2) is 9.78 Å². The topological polar surface area (TPSA) is 64.4 Å². The highest BCUT2D eigenvalue weighted by Gasteiger charge is 2.50. The fourth-order valence-corrected chi connectivity index (χ4v) is 7.75. The molecular formula is C24H29N3O3S. The number of ether oxygens (including phenoxy) is 1. The summed E-state index contributed by atoms with van der Waals surface area (Å²) in [6.07, 6.45) is 10.0. The first-order valence-electron chi connectivity index (χ1n) is 11.6. The van der Waals surface area contributed by atoms with E-state index in [1.54, 1.807) is 35.2 Å². The van der Waals surface area contributed by atoms with E-state index < -0.39 is 0 Å². The molecule has 0 radical (unpaired) electrons. The lowest BCUT2D eigenvalue weighted by molar-refractivity contribution is -0.103. The summed E-state index contributed by atoms with van der Waals surface area (Å²) in [7, 11) is 1.74. The number of aryl methyl sites for hydroxylation is 1. The zero-order chi connectivity index (χ0) is 21.1. The number of carbonyl (C=O) groups excluding carboxylic acids is 1. The molecule has 2 aromatic heterocycles. The fraction of sp³-hybridized carbons (Fsp3) is 0.625. The molecule has 164 valence electrons. The number of rotatable bonds is 3. The van der Waals surface area contributed by atoms with Crippen molar-refractivity contribution in [3.63, 3.8) is 0 Å². The Labute approximate surface area is 186 Å². The van der Waals surface area contributed by atoms with Gasteiger partial charge in [0.1, 0.15) is 11.1 Å². The van der Waals surface area contributed by atoms with Crippen molar-refractivity contribution in [2.75, 3.05) is 6.54 Å². The quantitative estimate of drug-likeness (QED) is 0.701. The average molecular weight is 440 g/mol. The lowest BCUT2D eigenvalue weighted by atomic mass is 9.55. The van der Waals surface area contributed by atoms with Gasteiger partial charge in [-0.15, -0.1) is 11.3 Å². The first-order chi connectivity index (χ1) is 15.0. The minimum atomic E-state index is -0.148. The molecule has 6 nitrogen and oxygen atoms in total. The lowest BCUT2D eigenvalue weighted by Gasteiger charge is -2.53. The second-order valence-electron chi connectivity index (χ2n) is 10.1. The second kappa shape index (κ2) is 7.47. The Morgan fingerprint density at radius 2 is 1.90 bits per heavy atom. The third-order valence-corrected chi connectivity index (χ3v) is 9.02. The van der Waals surface area contributed by atoms with E-state index in [1.807, 2.05) is 16.3 Å². The Morgan fingerprint density at radius 3 is 2.61 bits per heavy atom. The Hall–Kier alpha value is -2.15. The van der Waals surface area contributed by atoms with Crippen molar-refractivity contribution in [2.45, 2.75) is 57.1 Å². The smallest absolute Gasteiger partial charge is 0.410 e. The minimum absolute atomic E-state index is 0.0189. The molecular weight excluding hydrogens is 410 g/mol. The summed E-state index contributed by atoms with van der Waals surface area (Å²) >= 11 is 1.57. The van der Waals surface area contributed by atoms with Crippen molar-refractivity contribution in [3.05, 3.63) is 39.1 Å². The summed E-state index contributed by atoms with van der Waals surface area (Å²) in [5.74, 6) is 2.91. The van der Waals surface area contributed by atoms with Crippen LogP contribution in [0.25, 0.3) is 11.3 Å². The van der Waals surface area contributed by atoms with Crippen molar-refractivity contribution in [2.24, 2.45) is 30.7 Å². The standard InChI is InChI=1S/C24H29N3O3S/c1-26-6-4-16(12-21(26)28)19-13-31-23(25-19)20-3-2-5-27(20)24(29)30-22-17-8-14-7-15(10-17)11-18(22)9-14/h4,6,12-15,17-18,20,22H,2-3,5,7-11H2,1H3/t14?,15?,17?,18?,20-,22?/m1/s1. The van der Waals surface area contributed by atoms with Crippen LogP contribution in [0, 0.1) is 23.7 Å². The molecule has 2 aromatic rings. The highest BCUT2D eigenvalue weighted by atomic mass is 32.1. The van der Waals surface area contributed by atoms with Gasteiger partial charge in [-0.2, -0.15) is 0 Å². The van der Waals surface area contributed by atoms with Gasteiger partial charge in [0.25, 0.3) is 5.56 Å². The summed E-state index contributed by atoms with van der Waals surface area (Å²) in [6.45, 7) is 0.734. The maximum atomic E-state index is 13.2. The molecule has 0 N–H and O–H groups in total. The number of thiazole rings is 1. The molecule has 4 bridgehead atoms. The molecule has 1 atom stereocenters. The Kier molecular flexibility index (Phi) is 4.70. The van der Waals surface area contributed by atoms with E-state index in [4.69, 9.17) is 9.72 Å². The molecule has 0 aromatic carbocycles. The molecule has 5 aliphatic rings. The van der Waals surface area contributed by atoms with Crippen molar-refractivity contribution in [3.8, 4) is 11.3 Å². The van der Waals surface area contributed by atoms with Crippen LogP contribution in [0.2, 0.25) is 0 Å². The van der Waals surface area contributed by atoms with Crippen LogP contribution in [0.4, 0.5) is 4.79 Å². The van der Waals surface area contributed by atoms with Crippen molar-refractivity contribution in [1.29, 1.82) is 0 Å². The van der Waals surface area contributed by atoms with Crippen LogP contribution < -0.4 is 5.56 Å². The Bertz CT molecular complexity index is 1030. The number of hydrogen-bond acceptors (Lipinski definition) is 5. The summed E-state index contributed by atoms with van der Waals surface area (Å²) in [5.41, 5.74) is 1.58. The van der Waals surface area contributed by atoms with Crippen molar-refractivity contribution < 1.29 is 9.53 Å². The van der Waals surface area contributed by atoms with Crippen LogP contribution >= 0.6 is 11.3 Å². The van der Waals surface area contributed by atoms with Crippen LogP contribution in [-0.4, -0.2) is 33.2 Å². The van der Waals surface area contributed by atoms with E-state index in [-0.39, 0.29) is 23.8 Å². The van der Waals surface area contributed by atoms with Crippen LogP contribution in [0.1, 0.15) is 56.0 Å². The Morgan fingerprint density at radius 1 is 1.16 bits per heavy atom. The number of aromatic nitrogens is 2. The van der Waals surface area contributed by atoms with Gasteiger partial charge >= 0.3 is 6.09 Å². The van der Waals surface area contributed by atoms with E-state index in [0.717, 1.165) is 47.5 Å². The molecule has 31 heavy (non-hydrogen) atoms. The molecule has 1 saturated heterocycles. The number of pyridine rings is 1. The lowest BCUT2D eigenvalue weighted by Crippen LogP contribution is -2.51. The molecule has 3 heterocycles. The number of hydrogen-bond donors (Lipinski definition) is 0. The zero-order valence-corrected chi connectivity index (χ0v) is 18.7. The number of carbonyl (C=O) groups is 1. The van der Waals surface area contributed by atoms with E-state index in [1.165, 1.54) is 32.1 Å². The molecule has 5 fully saturated rings. The Balaban J connectivity index is 1.18. The van der Waals surface area contributed by atoms with E-state index in [9.17, 15) is 9.59 Å². The largest absolute Gasteiger partial charge is 0.445 e. The van der Waals surface area contributed by atoms with E-state index >= 15 is 0 Å². The highest BCUT2D eigenvalue weighted by Crippen LogP contribution is 2.55. The number of amides is 1. The fourth-order valence-electron chi connectivity index (χ4n) is 6.77. The first-order valence-corrected chi connectivity index (χ1v) is 12.5.